The van der Waals surface area contributed by atoms with Crippen molar-refractivity contribution in [3.8, 4) is 5.69 Å². The first kappa shape index (κ1) is 28.7. The second-order valence-electron chi connectivity index (χ2n) is 9.76. The molecule has 0 fully saturated rings. The number of benzene rings is 3. The van der Waals surface area contributed by atoms with Gasteiger partial charge in [-0.1, -0.05) is 54.9 Å². The van der Waals surface area contributed by atoms with Crippen molar-refractivity contribution in [3.05, 3.63) is 117 Å². The van der Waals surface area contributed by atoms with Gasteiger partial charge in [0.15, 0.2) is 0 Å². The Morgan fingerprint density at radius 2 is 1.71 bits per heavy atom. The quantitative estimate of drug-likeness (QED) is 0.127. The smallest absolute Gasteiger partial charge is 0.274 e. The van der Waals surface area contributed by atoms with Crippen LogP contribution in [0.3, 0.4) is 0 Å². The minimum atomic E-state index is -0.584. The van der Waals surface area contributed by atoms with Gasteiger partial charge in [-0.2, -0.15) is 0 Å². The summed E-state index contributed by atoms with van der Waals surface area (Å²) in [6.45, 7) is 6.03. The van der Waals surface area contributed by atoms with Crippen LogP contribution in [0.15, 0.2) is 77.6 Å². The SMILES string of the molecule is CC[C@H](Nc1nc(C)nc(C)c1Cl)c1nc2cccc(NCc3ccc(C(=O)NO)cc3)c2c(=O)n1-c1ccccc1. The van der Waals surface area contributed by atoms with E-state index in [-0.39, 0.29) is 11.6 Å². The normalized spacial score (nSPS) is 11.7. The highest BCUT2D eigenvalue weighted by molar-refractivity contribution is 6.33. The van der Waals surface area contributed by atoms with Crippen LogP contribution in [-0.2, 0) is 6.54 Å². The number of aryl methyl sites for hydroxylation is 2. The second-order valence-corrected chi connectivity index (χ2v) is 10.1. The Kier molecular flexibility index (Phi) is 8.46. The predicted molar refractivity (Wildman–Crippen MR) is 164 cm³/mol. The molecule has 5 aromatic rings. The van der Waals surface area contributed by atoms with Gasteiger partial charge in [0.1, 0.15) is 22.5 Å². The van der Waals surface area contributed by atoms with Crippen molar-refractivity contribution in [1.29, 1.82) is 0 Å². The molecule has 0 aliphatic carbocycles. The summed E-state index contributed by atoms with van der Waals surface area (Å²) in [5.41, 5.74) is 5.14. The summed E-state index contributed by atoms with van der Waals surface area (Å²) in [6.07, 6.45) is 0.603. The van der Waals surface area contributed by atoms with Crippen LogP contribution in [0.25, 0.3) is 16.6 Å². The summed E-state index contributed by atoms with van der Waals surface area (Å²) in [4.78, 5) is 39.8. The molecule has 5 rings (SSSR count). The van der Waals surface area contributed by atoms with Gasteiger partial charge in [-0.15, -0.1) is 0 Å². The number of fused-ring (bicyclic) bond motifs is 1. The van der Waals surface area contributed by atoms with E-state index in [1.807, 2.05) is 62.4 Å². The molecule has 0 aliphatic rings. The number of para-hydroxylation sites is 1. The third-order valence-electron chi connectivity index (χ3n) is 6.90. The standard InChI is InChI=1S/C31H30ClN7O3/c1-4-23(36-28-27(32)18(2)34-19(3)35-28)29-37-25-12-8-11-24(26(25)31(41)39(29)22-9-6-5-7-10-22)33-17-20-13-15-21(16-14-20)30(40)38-42/h5-16,23,33,42H,4,17H2,1-3H3,(H,38,40)(H,34,35,36)/t23-/m0/s1. The molecular weight excluding hydrogens is 554 g/mol. The van der Waals surface area contributed by atoms with Crippen molar-refractivity contribution in [2.45, 2.75) is 39.8 Å². The van der Waals surface area contributed by atoms with Crippen LogP contribution in [0, 0.1) is 13.8 Å². The summed E-state index contributed by atoms with van der Waals surface area (Å²) < 4.78 is 1.63. The third kappa shape index (κ3) is 5.81. The number of anilines is 2. The van der Waals surface area contributed by atoms with E-state index in [4.69, 9.17) is 21.8 Å². The minimum Gasteiger partial charge on any atom is -0.380 e. The zero-order valence-corrected chi connectivity index (χ0v) is 24.1. The predicted octanol–water partition coefficient (Wildman–Crippen LogP) is 5.74. The van der Waals surface area contributed by atoms with Crippen molar-refractivity contribution in [2.24, 2.45) is 0 Å². The number of rotatable bonds is 9. The molecule has 0 radical (unpaired) electrons. The molecule has 0 saturated heterocycles. The lowest BCUT2D eigenvalue weighted by Crippen LogP contribution is -2.29. The molecule has 11 heteroatoms. The van der Waals surface area contributed by atoms with Crippen molar-refractivity contribution < 1.29 is 10.0 Å². The van der Waals surface area contributed by atoms with Gasteiger partial charge in [0.05, 0.1) is 28.3 Å². The molecule has 2 heterocycles. The summed E-state index contributed by atoms with van der Waals surface area (Å²) in [5.74, 6) is 1.02. The number of hydrogen-bond acceptors (Lipinski definition) is 8. The van der Waals surface area contributed by atoms with Crippen LogP contribution in [-0.4, -0.2) is 30.6 Å². The van der Waals surface area contributed by atoms with Gasteiger partial charge in [-0.3, -0.25) is 19.4 Å². The highest BCUT2D eigenvalue weighted by Gasteiger charge is 2.23. The van der Waals surface area contributed by atoms with Gasteiger partial charge in [-0.05, 0) is 62.2 Å². The van der Waals surface area contributed by atoms with E-state index >= 15 is 0 Å². The number of halogens is 1. The number of hydroxylamine groups is 1. The second kappa shape index (κ2) is 12.4. The first-order chi connectivity index (χ1) is 20.3. The molecule has 0 aliphatic heterocycles. The van der Waals surface area contributed by atoms with Crippen molar-refractivity contribution in [1.82, 2.24) is 25.0 Å². The van der Waals surface area contributed by atoms with E-state index in [0.29, 0.717) is 69.0 Å². The lowest BCUT2D eigenvalue weighted by molar-refractivity contribution is 0.0706. The van der Waals surface area contributed by atoms with E-state index in [1.54, 1.807) is 41.2 Å². The Bertz CT molecular complexity index is 1810. The van der Waals surface area contributed by atoms with Gasteiger partial charge >= 0.3 is 0 Å². The molecule has 0 saturated carbocycles. The van der Waals surface area contributed by atoms with E-state index in [2.05, 4.69) is 20.6 Å². The summed E-state index contributed by atoms with van der Waals surface area (Å²) in [7, 11) is 0. The number of nitrogens with one attached hydrogen (secondary N) is 3. The van der Waals surface area contributed by atoms with Crippen molar-refractivity contribution in [2.75, 3.05) is 10.6 Å². The van der Waals surface area contributed by atoms with Gasteiger partial charge in [0.25, 0.3) is 11.5 Å². The molecule has 214 valence electrons. The first-order valence-electron chi connectivity index (χ1n) is 13.5. The molecule has 3 aromatic carbocycles. The van der Waals surface area contributed by atoms with E-state index < -0.39 is 5.91 Å². The molecule has 10 nitrogen and oxygen atoms in total. The first-order valence-corrected chi connectivity index (χ1v) is 13.8. The van der Waals surface area contributed by atoms with Crippen LogP contribution in [0.5, 0.6) is 0 Å². The van der Waals surface area contributed by atoms with Crippen molar-refractivity contribution in [3.63, 3.8) is 0 Å². The number of hydrogen-bond donors (Lipinski definition) is 4. The monoisotopic (exact) mass is 583 g/mol. The number of amides is 1. The van der Waals surface area contributed by atoms with Gasteiger partial charge in [0, 0.05) is 17.8 Å². The number of carbonyl (C=O) groups is 1. The van der Waals surface area contributed by atoms with Crippen molar-refractivity contribution >= 4 is 39.9 Å². The Morgan fingerprint density at radius 1 is 0.976 bits per heavy atom. The molecule has 2 aromatic heterocycles. The maximum Gasteiger partial charge on any atom is 0.274 e. The molecule has 0 bridgehead atoms. The van der Waals surface area contributed by atoms with E-state index in [9.17, 15) is 9.59 Å². The summed E-state index contributed by atoms with van der Waals surface area (Å²) >= 11 is 6.56. The highest BCUT2D eigenvalue weighted by atomic mass is 35.5. The molecule has 1 atom stereocenters. The fourth-order valence-electron chi connectivity index (χ4n) is 4.80. The maximum atomic E-state index is 14.3. The van der Waals surface area contributed by atoms with Gasteiger partial charge < -0.3 is 10.6 Å². The van der Waals surface area contributed by atoms with Gasteiger partial charge in [0.2, 0.25) is 0 Å². The summed E-state index contributed by atoms with van der Waals surface area (Å²) in [5, 5.41) is 16.5. The fourth-order valence-corrected chi connectivity index (χ4v) is 4.94. The minimum absolute atomic E-state index is 0.222. The Labute approximate surface area is 247 Å². The number of carbonyl (C=O) groups excluding carboxylic acids is 1. The molecule has 0 spiro atoms. The number of aromatic nitrogens is 4. The van der Waals surface area contributed by atoms with E-state index in [1.165, 1.54) is 0 Å². The van der Waals surface area contributed by atoms with Crippen LogP contribution >= 0.6 is 11.6 Å². The highest BCUT2D eigenvalue weighted by Crippen LogP contribution is 2.30. The molecule has 1 amide bonds. The third-order valence-corrected chi connectivity index (χ3v) is 7.35. The fraction of sp³-hybridized carbons (Fsp3) is 0.194. The van der Waals surface area contributed by atoms with Crippen LogP contribution in [0.2, 0.25) is 5.02 Å². The largest absolute Gasteiger partial charge is 0.380 e. The average molecular weight is 584 g/mol. The molecular formula is C31H30ClN7O3. The molecule has 4 N–H and O–H groups in total. The Balaban J connectivity index is 1.59. The van der Waals surface area contributed by atoms with E-state index in [0.717, 1.165) is 5.56 Å². The molecule has 0 unspecified atom stereocenters. The topological polar surface area (TPSA) is 134 Å². The van der Waals surface area contributed by atoms with Gasteiger partial charge in [-0.25, -0.2) is 20.4 Å². The average Bonchev–Trinajstić information content (AvgIpc) is 3.01. The Morgan fingerprint density at radius 3 is 2.40 bits per heavy atom. The van der Waals surface area contributed by atoms with Crippen LogP contribution in [0.1, 0.15) is 52.7 Å². The molecule has 42 heavy (non-hydrogen) atoms. The Hall–Kier alpha value is -4.80. The maximum absolute atomic E-state index is 14.3. The van der Waals surface area contributed by atoms with Crippen LogP contribution < -0.4 is 21.7 Å². The van der Waals surface area contributed by atoms with Crippen LogP contribution in [0.4, 0.5) is 11.5 Å². The zero-order chi connectivity index (χ0) is 29.8. The lowest BCUT2D eigenvalue weighted by atomic mass is 10.1. The number of nitrogens with zero attached hydrogens (tertiary/aromatic N) is 4. The summed E-state index contributed by atoms with van der Waals surface area (Å²) in [6, 6.07) is 21.3. The zero-order valence-electron chi connectivity index (χ0n) is 23.4. The lowest BCUT2D eigenvalue weighted by Gasteiger charge is -2.23.